The van der Waals surface area contributed by atoms with Crippen molar-refractivity contribution in [3.05, 3.63) is 41.1 Å². The van der Waals surface area contributed by atoms with Crippen LogP contribution in [0.3, 0.4) is 0 Å². The fourth-order valence-electron chi connectivity index (χ4n) is 2.94. The number of anilines is 1. The first kappa shape index (κ1) is 22.7. The van der Waals surface area contributed by atoms with Gasteiger partial charge in [0, 0.05) is 25.0 Å². The van der Waals surface area contributed by atoms with Crippen molar-refractivity contribution in [3.8, 4) is 0 Å². The van der Waals surface area contributed by atoms with E-state index in [0.29, 0.717) is 22.9 Å². The molecular weight excluding hydrogens is 388 g/mol. The number of urea groups is 1. The summed E-state index contributed by atoms with van der Waals surface area (Å²) in [6.07, 6.45) is 1.74. The van der Waals surface area contributed by atoms with Crippen LogP contribution in [-0.2, 0) is 9.53 Å². The predicted molar refractivity (Wildman–Crippen MR) is 119 cm³/mol. The molecular formula is C21H30N4O3S. The van der Waals surface area contributed by atoms with Gasteiger partial charge in [-0.2, -0.15) is 0 Å². The summed E-state index contributed by atoms with van der Waals surface area (Å²) < 4.78 is 5.45. The lowest BCUT2D eigenvalue weighted by Gasteiger charge is -2.35. The molecule has 0 aliphatic carbocycles. The van der Waals surface area contributed by atoms with Crippen LogP contribution >= 0.6 is 12.2 Å². The lowest BCUT2D eigenvalue weighted by molar-refractivity contribution is -0.143. The maximum atomic E-state index is 12.7. The maximum Gasteiger partial charge on any atom is 0.338 e. The summed E-state index contributed by atoms with van der Waals surface area (Å²) in [5.74, 6) is -0.373. The highest BCUT2D eigenvalue weighted by Gasteiger charge is 2.33. The Bertz CT molecular complexity index is 790. The van der Waals surface area contributed by atoms with Crippen LogP contribution in [-0.4, -0.2) is 41.7 Å². The minimum Gasteiger partial charge on any atom is -0.459 e. The van der Waals surface area contributed by atoms with E-state index in [9.17, 15) is 9.59 Å². The van der Waals surface area contributed by atoms with Crippen molar-refractivity contribution >= 4 is 35.0 Å². The van der Waals surface area contributed by atoms with Crippen molar-refractivity contribution in [1.82, 2.24) is 15.5 Å². The van der Waals surface area contributed by atoms with Gasteiger partial charge in [-0.1, -0.05) is 25.5 Å². The van der Waals surface area contributed by atoms with E-state index in [1.165, 1.54) is 0 Å². The highest BCUT2D eigenvalue weighted by molar-refractivity contribution is 7.80. The third kappa shape index (κ3) is 5.93. The van der Waals surface area contributed by atoms with Gasteiger partial charge in [-0.25, -0.2) is 9.59 Å². The lowest BCUT2D eigenvalue weighted by atomic mass is 9.95. The largest absolute Gasteiger partial charge is 0.459 e. The standard InChI is InChI=1S/C21H30N4O3S/c1-6-7-12-22-20(27)23-16-10-8-15(9-11-16)18-17(19(26)28-13(2)3)14(4)25(5)21(29)24-18/h8-11,13,18H,6-7,12H2,1-5H3,(H,24,29)(H2,22,23,27)/t18-/m0/s1. The predicted octanol–water partition coefficient (Wildman–Crippen LogP) is 3.69. The summed E-state index contributed by atoms with van der Waals surface area (Å²) in [6, 6.07) is 6.68. The van der Waals surface area contributed by atoms with Crippen LogP contribution in [0.4, 0.5) is 10.5 Å². The first-order valence-corrected chi connectivity index (χ1v) is 10.3. The number of carbonyl (C=O) groups is 2. The molecule has 2 rings (SSSR count). The van der Waals surface area contributed by atoms with Gasteiger partial charge in [0.05, 0.1) is 17.7 Å². The second kappa shape index (κ2) is 10.2. The number of benzene rings is 1. The van der Waals surface area contributed by atoms with Gasteiger partial charge in [-0.15, -0.1) is 0 Å². The Hall–Kier alpha value is -2.61. The molecule has 7 nitrogen and oxygen atoms in total. The Morgan fingerprint density at radius 3 is 2.52 bits per heavy atom. The Balaban J connectivity index is 2.21. The first-order valence-electron chi connectivity index (χ1n) is 9.85. The van der Waals surface area contributed by atoms with Crippen LogP contribution in [0.15, 0.2) is 35.5 Å². The van der Waals surface area contributed by atoms with E-state index in [4.69, 9.17) is 17.0 Å². The van der Waals surface area contributed by atoms with Gasteiger partial charge < -0.3 is 25.6 Å². The maximum absolute atomic E-state index is 12.7. The molecule has 158 valence electrons. The molecule has 0 unspecified atom stereocenters. The molecule has 1 heterocycles. The summed E-state index contributed by atoms with van der Waals surface area (Å²) in [6.45, 7) is 8.21. The van der Waals surface area contributed by atoms with Gasteiger partial charge in [0.15, 0.2) is 5.11 Å². The zero-order valence-electron chi connectivity index (χ0n) is 17.7. The van der Waals surface area contributed by atoms with Crippen molar-refractivity contribution in [2.75, 3.05) is 18.9 Å². The smallest absolute Gasteiger partial charge is 0.338 e. The molecule has 1 aliphatic rings. The quantitative estimate of drug-likeness (QED) is 0.356. The SMILES string of the molecule is CCCCNC(=O)Nc1ccc([C@@H]2NC(=S)N(C)C(C)=C2C(=O)OC(C)C)cc1. The number of carbonyl (C=O) groups excluding carboxylic acids is 2. The molecule has 1 aromatic rings. The fraction of sp³-hybridized carbons (Fsp3) is 0.476. The van der Waals surface area contributed by atoms with Crippen molar-refractivity contribution in [3.63, 3.8) is 0 Å². The monoisotopic (exact) mass is 418 g/mol. The highest BCUT2D eigenvalue weighted by atomic mass is 32.1. The molecule has 0 bridgehead atoms. The Labute approximate surface area is 177 Å². The Morgan fingerprint density at radius 2 is 1.93 bits per heavy atom. The van der Waals surface area contributed by atoms with E-state index >= 15 is 0 Å². The van der Waals surface area contributed by atoms with Crippen molar-refractivity contribution in [2.24, 2.45) is 0 Å². The number of allylic oxidation sites excluding steroid dienone is 1. The van der Waals surface area contributed by atoms with E-state index in [0.717, 1.165) is 24.1 Å². The molecule has 1 atom stereocenters. The van der Waals surface area contributed by atoms with Crippen molar-refractivity contribution < 1.29 is 14.3 Å². The number of nitrogens with zero attached hydrogens (tertiary/aromatic N) is 1. The molecule has 0 spiro atoms. The fourth-order valence-corrected chi connectivity index (χ4v) is 3.20. The van der Waals surface area contributed by atoms with Gasteiger partial charge in [-0.3, -0.25) is 0 Å². The van der Waals surface area contributed by atoms with Crippen molar-refractivity contribution in [1.29, 1.82) is 0 Å². The van der Waals surface area contributed by atoms with Crippen LogP contribution in [0, 0.1) is 0 Å². The van der Waals surface area contributed by atoms with Gasteiger partial charge in [0.25, 0.3) is 0 Å². The average Bonchev–Trinajstić information content (AvgIpc) is 2.66. The van der Waals surface area contributed by atoms with Gasteiger partial charge in [0.1, 0.15) is 0 Å². The van der Waals surface area contributed by atoms with Crippen LogP contribution in [0.25, 0.3) is 0 Å². The number of hydrogen-bond donors (Lipinski definition) is 3. The van der Waals surface area contributed by atoms with E-state index in [2.05, 4.69) is 22.9 Å². The summed E-state index contributed by atoms with van der Waals surface area (Å²) in [5.41, 5.74) is 2.80. The van der Waals surface area contributed by atoms with E-state index in [-0.39, 0.29) is 18.1 Å². The van der Waals surface area contributed by atoms with Crippen LogP contribution in [0.2, 0.25) is 0 Å². The Kier molecular flexibility index (Phi) is 8.01. The molecule has 1 aromatic carbocycles. The third-order valence-corrected chi connectivity index (χ3v) is 5.03. The number of unbranched alkanes of at least 4 members (excludes halogenated alkanes) is 1. The number of ether oxygens (including phenoxy) is 1. The number of amides is 2. The normalized spacial score (nSPS) is 16.6. The summed E-state index contributed by atoms with van der Waals surface area (Å²) in [4.78, 5) is 26.4. The number of hydrogen-bond acceptors (Lipinski definition) is 4. The van der Waals surface area contributed by atoms with Crippen molar-refractivity contribution in [2.45, 2.75) is 52.7 Å². The average molecular weight is 419 g/mol. The van der Waals surface area contributed by atoms with Gasteiger partial charge >= 0.3 is 12.0 Å². The van der Waals surface area contributed by atoms with Crippen LogP contribution < -0.4 is 16.0 Å². The summed E-state index contributed by atoms with van der Waals surface area (Å²) >= 11 is 5.41. The zero-order chi connectivity index (χ0) is 21.6. The molecule has 0 fully saturated rings. The topological polar surface area (TPSA) is 82.7 Å². The molecule has 0 radical (unpaired) electrons. The van der Waals surface area contributed by atoms with E-state index < -0.39 is 6.04 Å². The molecule has 0 aromatic heterocycles. The third-order valence-electron chi connectivity index (χ3n) is 4.63. The number of esters is 1. The van der Waals surface area contributed by atoms with Gasteiger partial charge in [-0.05, 0) is 57.1 Å². The minimum atomic E-state index is -0.419. The summed E-state index contributed by atoms with van der Waals surface area (Å²) in [7, 11) is 1.81. The van der Waals surface area contributed by atoms with E-state index in [1.807, 2.05) is 40.0 Å². The molecule has 1 aliphatic heterocycles. The first-order chi connectivity index (χ1) is 13.7. The minimum absolute atomic E-state index is 0.222. The highest BCUT2D eigenvalue weighted by Crippen LogP contribution is 2.31. The molecule has 8 heteroatoms. The number of thiocarbonyl (C=S) groups is 1. The lowest BCUT2D eigenvalue weighted by Crippen LogP contribution is -2.46. The zero-order valence-corrected chi connectivity index (χ0v) is 18.5. The van der Waals surface area contributed by atoms with E-state index in [1.54, 1.807) is 17.0 Å². The molecule has 29 heavy (non-hydrogen) atoms. The second-order valence-electron chi connectivity index (χ2n) is 7.25. The molecule has 2 amide bonds. The van der Waals surface area contributed by atoms with Gasteiger partial charge in [0.2, 0.25) is 0 Å². The second-order valence-corrected chi connectivity index (χ2v) is 7.64. The van der Waals surface area contributed by atoms with Crippen LogP contribution in [0.5, 0.6) is 0 Å². The Morgan fingerprint density at radius 1 is 1.28 bits per heavy atom. The van der Waals surface area contributed by atoms with Crippen LogP contribution in [0.1, 0.15) is 52.1 Å². The molecule has 0 saturated heterocycles. The molecule has 3 N–H and O–H groups in total. The summed E-state index contributed by atoms with van der Waals surface area (Å²) in [5, 5.41) is 9.36. The molecule has 0 saturated carbocycles. The number of rotatable bonds is 7. The number of nitrogens with one attached hydrogen (secondary N) is 3.